The molecule has 0 heterocycles. The Bertz CT molecular complexity index is 838. The molecule has 5 nitrogen and oxygen atoms in total. The molecule has 0 spiro atoms. The van der Waals surface area contributed by atoms with E-state index in [0.29, 0.717) is 12.2 Å². The van der Waals surface area contributed by atoms with Crippen LogP contribution in [0.1, 0.15) is 17.3 Å². The van der Waals surface area contributed by atoms with E-state index in [4.69, 9.17) is 11.6 Å². The molecule has 0 unspecified atom stereocenters. The summed E-state index contributed by atoms with van der Waals surface area (Å²) >= 11 is 6.08. The van der Waals surface area contributed by atoms with Crippen molar-refractivity contribution >= 4 is 33.2 Å². The summed E-state index contributed by atoms with van der Waals surface area (Å²) in [5.41, 5.74) is 0.703. The molecule has 2 aromatic carbocycles. The van der Waals surface area contributed by atoms with Crippen molar-refractivity contribution in [2.75, 3.05) is 24.9 Å². The number of rotatable bonds is 5. The first-order chi connectivity index (χ1) is 11.3. The van der Waals surface area contributed by atoms with Crippen LogP contribution in [0, 0.1) is 0 Å². The van der Waals surface area contributed by atoms with E-state index in [2.05, 4.69) is 0 Å². The number of sulfonamides is 1. The number of carbonyl (C=O) groups excluding carboxylic acids is 1. The average Bonchev–Trinajstić information content (AvgIpc) is 2.60. The number of anilines is 1. The Morgan fingerprint density at radius 2 is 1.71 bits per heavy atom. The highest BCUT2D eigenvalue weighted by molar-refractivity contribution is 7.92. The molecule has 0 atom stereocenters. The quantitative estimate of drug-likeness (QED) is 0.816. The summed E-state index contributed by atoms with van der Waals surface area (Å²) in [6.45, 7) is 2.33. The van der Waals surface area contributed by atoms with E-state index < -0.39 is 10.0 Å². The van der Waals surface area contributed by atoms with Crippen molar-refractivity contribution in [1.82, 2.24) is 4.90 Å². The first-order valence-electron chi connectivity index (χ1n) is 7.38. The molecule has 2 aromatic rings. The van der Waals surface area contributed by atoms with E-state index in [0.717, 1.165) is 0 Å². The van der Waals surface area contributed by atoms with Crippen molar-refractivity contribution in [3.05, 3.63) is 59.1 Å². The number of amides is 1. The zero-order chi connectivity index (χ0) is 17.9. The Labute approximate surface area is 147 Å². The molecule has 0 aliphatic rings. The maximum absolute atomic E-state index is 12.8. The number of carbonyl (C=O) groups is 1. The Kier molecular flexibility index (Phi) is 5.51. The molecule has 24 heavy (non-hydrogen) atoms. The summed E-state index contributed by atoms with van der Waals surface area (Å²) in [6, 6.07) is 12.9. The molecule has 0 bridgehead atoms. The maximum Gasteiger partial charge on any atom is 0.264 e. The third kappa shape index (κ3) is 3.55. The van der Waals surface area contributed by atoms with E-state index in [1.54, 1.807) is 31.3 Å². The predicted octanol–water partition coefficient (Wildman–Crippen LogP) is 3.26. The summed E-state index contributed by atoms with van der Waals surface area (Å²) < 4.78 is 26.8. The number of halogens is 1. The summed E-state index contributed by atoms with van der Waals surface area (Å²) in [4.78, 5) is 13.8. The van der Waals surface area contributed by atoms with Crippen LogP contribution in [0.3, 0.4) is 0 Å². The average molecular weight is 367 g/mol. The third-order valence-electron chi connectivity index (χ3n) is 3.77. The number of hydrogen-bond acceptors (Lipinski definition) is 3. The second-order valence-corrected chi connectivity index (χ2v) is 7.65. The van der Waals surface area contributed by atoms with Gasteiger partial charge in [0.2, 0.25) is 0 Å². The molecule has 0 aromatic heterocycles. The molecule has 0 fully saturated rings. The minimum absolute atomic E-state index is 0.0195. The highest BCUT2D eigenvalue weighted by Crippen LogP contribution is 2.26. The Morgan fingerprint density at radius 1 is 1.08 bits per heavy atom. The Hall–Kier alpha value is -2.05. The van der Waals surface area contributed by atoms with Gasteiger partial charge >= 0.3 is 0 Å². The van der Waals surface area contributed by atoms with E-state index in [-0.39, 0.29) is 21.4 Å². The molecular weight excluding hydrogens is 348 g/mol. The molecule has 0 aliphatic carbocycles. The van der Waals surface area contributed by atoms with Crippen LogP contribution in [0.4, 0.5) is 5.69 Å². The van der Waals surface area contributed by atoms with Gasteiger partial charge in [-0.25, -0.2) is 8.42 Å². The van der Waals surface area contributed by atoms with Crippen LogP contribution < -0.4 is 4.31 Å². The van der Waals surface area contributed by atoms with Crippen molar-refractivity contribution in [1.29, 1.82) is 0 Å². The van der Waals surface area contributed by atoms with Crippen molar-refractivity contribution in [2.45, 2.75) is 11.8 Å². The Balaban J connectivity index is 2.47. The zero-order valence-corrected chi connectivity index (χ0v) is 15.3. The molecule has 0 aliphatic heterocycles. The molecule has 0 saturated heterocycles. The van der Waals surface area contributed by atoms with E-state index >= 15 is 0 Å². The van der Waals surface area contributed by atoms with Crippen molar-refractivity contribution in [3.8, 4) is 0 Å². The minimum atomic E-state index is -3.79. The fourth-order valence-electron chi connectivity index (χ4n) is 2.11. The molecular formula is C17H19ClN2O3S. The van der Waals surface area contributed by atoms with Gasteiger partial charge in [0.15, 0.2) is 0 Å². The second-order valence-electron chi connectivity index (χ2n) is 5.27. The van der Waals surface area contributed by atoms with Crippen LogP contribution in [0.2, 0.25) is 5.02 Å². The predicted molar refractivity (Wildman–Crippen MR) is 96.1 cm³/mol. The van der Waals surface area contributed by atoms with Crippen LogP contribution in [0.25, 0.3) is 0 Å². The largest absolute Gasteiger partial charge is 0.342 e. The van der Waals surface area contributed by atoms with E-state index in [1.165, 1.54) is 34.5 Å². The number of hydrogen-bond donors (Lipinski definition) is 0. The lowest BCUT2D eigenvalue weighted by atomic mass is 10.2. The zero-order valence-electron chi connectivity index (χ0n) is 13.7. The molecule has 128 valence electrons. The van der Waals surface area contributed by atoms with Crippen molar-refractivity contribution < 1.29 is 13.2 Å². The highest BCUT2D eigenvalue weighted by atomic mass is 35.5. The standard InChI is InChI=1S/C17H19ClN2O3S/c1-4-19(2)17(21)15-12-14(10-11-16(15)18)24(22,23)20(3)13-8-6-5-7-9-13/h5-12H,4H2,1-3H3. The van der Waals surface area contributed by atoms with Gasteiger partial charge in [-0.15, -0.1) is 0 Å². The highest BCUT2D eigenvalue weighted by Gasteiger charge is 2.24. The van der Waals surface area contributed by atoms with Gasteiger partial charge in [-0.05, 0) is 37.3 Å². The maximum atomic E-state index is 12.8. The number of benzene rings is 2. The molecule has 0 saturated carbocycles. The SMILES string of the molecule is CCN(C)C(=O)c1cc(S(=O)(=O)N(C)c2ccccc2)ccc1Cl. The lowest BCUT2D eigenvalue weighted by Gasteiger charge is -2.21. The normalized spacial score (nSPS) is 11.2. The Morgan fingerprint density at radius 3 is 2.29 bits per heavy atom. The van der Waals surface area contributed by atoms with Crippen molar-refractivity contribution in [2.24, 2.45) is 0 Å². The van der Waals surface area contributed by atoms with Gasteiger partial charge in [-0.3, -0.25) is 9.10 Å². The topological polar surface area (TPSA) is 57.7 Å². The van der Waals surface area contributed by atoms with Crippen LogP contribution in [0.15, 0.2) is 53.4 Å². The smallest absolute Gasteiger partial charge is 0.264 e. The van der Waals surface area contributed by atoms with E-state index in [9.17, 15) is 13.2 Å². The summed E-state index contributed by atoms with van der Waals surface area (Å²) in [5.74, 6) is -0.318. The van der Waals surface area contributed by atoms with Crippen LogP contribution in [-0.2, 0) is 10.0 Å². The number of para-hydroxylation sites is 1. The number of nitrogens with zero attached hydrogens (tertiary/aromatic N) is 2. The van der Waals surface area contributed by atoms with Crippen molar-refractivity contribution in [3.63, 3.8) is 0 Å². The fourth-order valence-corrected chi connectivity index (χ4v) is 3.53. The van der Waals surface area contributed by atoms with Gasteiger partial charge in [-0.2, -0.15) is 0 Å². The first kappa shape index (κ1) is 18.3. The minimum Gasteiger partial charge on any atom is -0.342 e. The molecule has 0 N–H and O–H groups in total. The summed E-state index contributed by atoms with van der Waals surface area (Å²) in [6.07, 6.45) is 0. The van der Waals surface area contributed by atoms with Crippen LogP contribution >= 0.6 is 11.6 Å². The van der Waals surface area contributed by atoms with E-state index in [1.807, 2.05) is 13.0 Å². The fraction of sp³-hybridized carbons (Fsp3) is 0.235. The van der Waals surface area contributed by atoms with Gasteiger partial charge in [0.05, 0.1) is 21.2 Å². The van der Waals surface area contributed by atoms with Gasteiger partial charge in [0.1, 0.15) is 0 Å². The molecule has 1 amide bonds. The van der Waals surface area contributed by atoms with Gasteiger partial charge in [0.25, 0.3) is 15.9 Å². The molecule has 0 radical (unpaired) electrons. The molecule has 7 heteroatoms. The summed E-state index contributed by atoms with van der Waals surface area (Å²) in [5, 5.41) is 0.224. The third-order valence-corrected chi connectivity index (χ3v) is 5.88. The van der Waals surface area contributed by atoms with Crippen LogP contribution in [-0.4, -0.2) is 39.9 Å². The summed E-state index contributed by atoms with van der Waals surface area (Å²) in [7, 11) is -0.687. The monoisotopic (exact) mass is 366 g/mol. The lowest BCUT2D eigenvalue weighted by Crippen LogP contribution is -2.28. The van der Waals surface area contributed by atoms with Crippen LogP contribution in [0.5, 0.6) is 0 Å². The van der Waals surface area contributed by atoms with Gasteiger partial charge in [0, 0.05) is 20.6 Å². The molecule has 2 rings (SSSR count). The second kappa shape index (κ2) is 7.23. The van der Waals surface area contributed by atoms with Gasteiger partial charge < -0.3 is 4.90 Å². The first-order valence-corrected chi connectivity index (χ1v) is 9.19. The lowest BCUT2D eigenvalue weighted by molar-refractivity contribution is 0.0802. The van der Waals surface area contributed by atoms with Gasteiger partial charge in [-0.1, -0.05) is 29.8 Å².